The molecule has 0 bridgehead atoms. The van der Waals surface area contributed by atoms with Gasteiger partial charge in [0.25, 0.3) is 0 Å². The maximum atomic E-state index is 12.0. The number of methoxy groups -OCH3 is 1. The molecule has 0 atom stereocenters. The van der Waals surface area contributed by atoms with Crippen molar-refractivity contribution in [3.05, 3.63) is 84.5 Å². The highest BCUT2D eigenvalue weighted by Crippen LogP contribution is 2.24. The van der Waals surface area contributed by atoms with E-state index in [4.69, 9.17) is 4.74 Å². The van der Waals surface area contributed by atoms with Crippen molar-refractivity contribution >= 4 is 12.0 Å². The number of carbonyl (C=O) groups is 1. The number of ether oxygens (including phenoxy) is 1. The molecular formula is C21H21N3O2. The number of rotatable bonds is 7. The van der Waals surface area contributed by atoms with Crippen molar-refractivity contribution in [1.82, 2.24) is 14.9 Å². The van der Waals surface area contributed by atoms with Crippen molar-refractivity contribution in [2.75, 3.05) is 13.7 Å². The smallest absolute Gasteiger partial charge is 0.244 e. The van der Waals surface area contributed by atoms with Crippen LogP contribution in [-0.2, 0) is 11.2 Å². The second-order valence-corrected chi connectivity index (χ2v) is 5.76. The number of hydrogen-bond donors (Lipinski definition) is 1. The maximum Gasteiger partial charge on any atom is 0.244 e. The lowest BCUT2D eigenvalue weighted by molar-refractivity contribution is -0.116. The van der Waals surface area contributed by atoms with Gasteiger partial charge in [-0.3, -0.25) is 4.79 Å². The fourth-order valence-electron chi connectivity index (χ4n) is 2.62. The van der Waals surface area contributed by atoms with Crippen LogP contribution >= 0.6 is 0 Å². The summed E-state index contributed by atoms with van der Waals surface area (Å²) >= 11 is 0. The van der Waals surface area contributed by atoms with Gasteiger partial charge < -0.3 is 14.6 Å². The molecule has 26 heavy (non-hydrogen) atoms. The van der Waals surface area contributed by atoms with Gasteiger partial charge in [-0.05, 0) is 35.8 Å². The highest BCUT2D eigenvalue weighted by Gasteiger charge is 2.05. The summed E-state index contributed by atoms with van der Waals surface area (Å²) in [6, 6.07) is 15.8. The molecule has 132 valence electrons. The third kappa shape index (κ3) is 4.60. The molecule has 5 nitrogen and oxygen atoms in total. The zero-order valence-corrected chi connectivity index (χ0v) is 14.6. The molecule has 0 aliphatic carbocycles. The topological polar surface area (TPSA) is 56.1 Å². The minimum Gasteiger partial charge on any atom is -0.495 e. The molecule has 1 N–H and O–H groups in total. The molecule has 1 aromatic heterocycles. The van der Waals surface area contributed by atoms with Crippen LogP contribution in [0.25, 0.3) is 11.8 Å². The van der Waals surface area contributed by atoms with E-state index in [1.807, 2.05) is 47.2 Å². The van der Waals surface area contributed by atoms with E-state index in [0.29, 0.717) is 6.54 Å². The Bertz CT molecular complexity index is 872. The van der Waals surface area contributed by atoms with Crippen LogP contribution in [0.1, 0.15) is 11.1 Å². The third-order valence-corrected chi connectivity index (χ3v) is 3.97. The summed E-state index contributed by atoms with van der Waals surface area (Å²) in [5, 5.41) is 2.89. The Balaban J connectivity index is 1.58. The van der Waals surface area contributed by atoms with Gasteiger partial charge in [-0.2, -0.15) is 0 Å². The van der Waals surface area contributed by atoms with E-state index >= 15 is 0 Å². The first-order chi connectivity index (χ1) is 12.8. The highest BCUT2D eigenvalue weighted by atomic mass is 16.5. The Morgan fingerprint density at radius 2 is 2.08 bits per heavy atom. The molecule has 1 heterocycles. The maximum absolute atomic E-state index is 12.0. The molecule has 0 saturated heterocycles. The fraction of sp³-hybridized carbons (Fsp3) is 0.143. The average molecular weight is 347 g/mol. The van der Waals surface area contributed by atoms with Crippen molar-refractivity contribution < 1.29 is 9.53 Å². The van der Waals surface area contributed by atoms with Crippen molar-refractivity contribution in [3.63, 3.8) is 0 Å². The van der Waals surface area contributed by atoms with Gasteiger partial charge in [-0.15, -0.1) is 0 Å². The summed E-state index contributed by atoms with van der Waals surface area (Å²) in [6.07, 6.45) is 9.41. The predicted molar refractivity (Wildman–Crippen MR) is 102 cm³/mol. The molecular weight excluding hydrogens is 326 g/mol. The van der Waals surface area contributed by atoms with E-state index in [1.165, 1.54) is 11.6 Å². The van der Waals surface area contributed by atoms with Crippen LogP contribution in [0, 0.1) is 0 Å². The molecule has 0 fully saturated rings. The van der Waals surface area contributed by atoms with Gasteiger partial charge in [-0.1, -0.05) is 36.4 Å². The normalized spacial score (nSPS) is 10.8. The Labute approximate surface area is 153 Å². The largest absolute Gasteiger partial charge is 0.495 e. The number of imidazole rings is 1. The summed E-state index contributed by atoms with van der Waals surface area (Å²) in [5.41, 5.74) is 3.00. The predicted octanol–water partition coefficient (Wildman–Crippen LogP) is 3.25. The molecule has 0 aliphatic rings. The van der Waals surface area contributed by atoms with Gasteiger partial charge in [0.05, 0.1) is 19.1 Å². The molecule has 3 aromatic rings. The van der Waals surface area contributed by atoms with Gasteiger partial charge in [0.2, 0.25) is 5.91 Å². The van der Waals surface area contributed by atoms with E-state index in [-0.39, 0.29) is 5.91 Å². The van der Waals surface area contributed by atoms with Crippen molar-refractivity contribution in [2.24, 2.45) is 0 Å². The second-order valence-electron chi connectivity index (χ2n) is 5.76. The van der Waals surface area contributed by atoms with E-state index < -0.39 is 0 Å². The molecule has 0 aliphatic heterocycles. The van der Waals surface area contributed by atoms with Gasteiger partial charge >= 0.3 is 0 Å². The molecule has 3 rings (SSSR count). The lowest BCUT2D eigenvalue weighted by Gasteiger charge is -2.09. The Hall–Kier alpha value is -3.34. The zero-order valence-electron chi connectivity index (χ0n) is 14.6. The molecule has 0 radical (unpaired) electrons. The van der Waals surface area contributed by atoms with Crippen molar-refractivity contribution in [1.29, 1.82) is 0 Å². The van der Waals surface area contributed by atoms with E-state index in [0.717, 1.165) is 23.4 Å². The lowest BCUT2D eigenvalue weighted by atomic mass is 10.1. The standard InChI is InChI=1S/C21H21N3O2/c1-26-20-15-18(7-9-19(20)24-14-13-22-16-24)8-10-21(25)23-12-11-17-5-3-2-4-6-17/h2-10,13-16H,11-12H2,1H3,(H,23,25)/b10-8+. The van der Waals surface area contributed by atoms with Crippen LogP contribution < -0.4 is 10.1 Å². The number of hydrogen-bond acceptors (Lipinski definition) is 3. The first kappa shape index (κ1) is 17.5. The Morgan fingerprint density at radius 1 is 1.23 bits per heavy atom. The van der Waals surface area contributed by atoms with E-state index in [9.17, 15) is 4.79 Å². The molecule has 0 saturated carbocycles. The number of carbonyl (C=O) groups excluding carboxylic acids is 1. The van der Waals surface area contributed by atoms with Crippen LogP contribution in [0.2, 0.25) is 0 Å². The SMILES string of the molecule is COc1cc(/C=C/C(=O)NCCc2ccccc2)ccc1-n1ccnc1. The summed E-state index contributed by atoms with van der Waals surface area (Å²) in [5.74, 6) is 0.605. The van der Waals surface area contributed by atoms with Gasteiger partial charge in [-0.25, -0.2) is 4.98 Å². The molecule has 1 amide bonds. The van der Waals surface area contributed by atoms with Gasteiger partial charge in [0, 0.05) is 25.0 Å². The molecule has 0 unspecified atom stereocenters. The first-order valence-corrected chi connectivity index (χ1v) is 8.42. The number of amides is 1. The Morgan fingerprint density at radius 3 is 2.81 bits per heavy atom. The van der Waals surface area contributed by atoms with Crippen LogP contribution in [0.5, 0.6) is 5.75 Å². The third-order valence-electron chi connectivity index (χ3n) is 3.97. The number of aromatic nitrogens is 2. The number of benzene rings is 2. The highest BCUT2D eigenvalue weighted by molar-refractivity contribution is 5.91. The minimum atomic E-state index is -0.112. The quantitative estimate of drug-likeness (QED) is 0.668. The van der Waals surface area contributed by atoms with Gasteiger partial charge in [0.15, 0.2) is 0 Å². The summed E-state index contributed by atoms with van der Waals surface area (Å²) in [4.78, 5) is 16.0. The van der Waals surface area contributed by atoms with Crippen LogP contribution in [-0.4, -0.2) is 29.1 Å². The van der Waals surface area contributed by atoms with Crippen LogP contribution in [0.4, 0.5) is 0 Å². The minimum absolute atomic E-state index is 0.112. The van der Waals surface area contributed by atoms with Gasteiger partial charge in [0.1, 0.15) is 5.75 Å². The fourth-order valence-corrected chi connectivity index (χ4v) is 2.62. The summed E-state index contributed by atoms with van der Waals surface area (Å²) in [6.45, 7) is 0.607. The number of nitrogens with zero attached hydrogens (tertiary/aromatic N) is 2. The molecule has 2 aromatic carbocycles. The Kier molecular flexibility index (Phi) is 5.83. The monoisotopic (exact) mass is 347 g/mol. The summed E-state index contributed by atoms with van der Waals surface area (Å²) < 4.78 is 7.33. The van der Waals surface area contributed by atoms with Crippen LogP contribution in [0.15, 0.2) is 73.3 Å². The number of nitrogens with one attached hydrogen (secondary N) is 1. The molecule has 5 heteroatoms. The molecule has 0 spiro atoms. The first-order valence-electron chi connectivity index (χ1n) is 8.42. The van der Waals surface area contributed by atoms with E-state index in [1.54, 1.807) is 25.7 Å². The van der Waals surface area contributed by atoms with Crippen LogP contribution in [0.3, 0.4) is 0 Å². The van der Waals surface area contributed by atoms with Crippen molar-refractivity contribution in [3.8, 4) is 11.4 Å². The second kappa shape index (κ2) is 8.67. The zero-order chi connectivity index (χ0) is 18.2. The van der Waals surface area contributed by atoms with E-state index in [2.05, 4.69) is 22.4 Å². The van der Waals surface area contributed by atoms with Crippen molar-refractivity contribution in [2.45, 2.75) is 6.42 Å². The summed E-state index contributed by atoms with van der Waals surface area (Å²) in [7, 11) is 1.62. The average Bonchev–Trinajstić information content (AvgIpc) is 3.21. The lowest BCUT2D eigenvalue weighted by Crippen LogP contribution is -2.23.